The molecular weight excluding hydrogens is 372 g/mol. The minimum absolute atomic E-state index is 0.305. The van der Waals surface area contributed by atoms with Crippen molar-refractivity contribution in [2.75, 3.05) is 40.4 Å². The molecule has 1 aromatic rings. The molecule has 1 unspecified atom stereocenters. The average molecular weight is 394 g/mol. The van der Waals surface area contributed by atoms with Crippen LogP contribution in [0.4, 0.5) is 0 Å². The van der Waals surface area contributed by atoms with E-state index in [2.05, 4.69) is 81.3 Å². The zero-order valence-corrected chi connectivity index (χ0v) is 14.9. The van der Waals surface area contributed by atoms with Gasteiger partial charge < -0.3 is 15.0 Å². The second kappa shape index (κ2) is 9.08. The summed E-state index contributed by atoms with van der Waals surface area (Å²) in [6, 6.07) is 6.56. The van der Waals surface area contributed by atoms with Gasteiger partial charge in [0.1, 0.15) is 0 Å². The molecule has 3 nitrogen and oxygen atoms in total. The number of rotatable bonds is 8. The van der Waals surface area contributed by atoms with Crippen molar-refractivity contribution in [3.8, 4) is 0 Å². The van der Waals surface area contributed by atoms with E-state index in [-0.39, 0.29) is 0 Å². The van der Waals surface area contributed by atoms with Crippen LogP contribution in [0.1, 0.15) is 18.5 Å². The highest BCUT2D eigenvalue weighted by atomic mass is 79.9. The van der Waals surface area contributed by atoms with E-state index in [4.69, 9.17) is 4.74 Å². The van der Waals surface area contributed by atoms with Gasteiger partial charge in [-0.2, -0.15) is 0 Å². The Bertz CT molecular complexity index is 386. The molecule has 0 aliphatic heterocycles. The van der Waals surface area contributed by atoms with Gasteiger partial charge in [-0.3, -0.25) is 0 Å². The lowest BCUT2D eigenvalue weighted by molar-refractivity contribution is 0.118. The van der Waals surface area contributed by atoms with Gasteiger partial charge in [-0.25, -0.2) is 0 Å². The molecule has 0 saturated carbocycles. The molecule has 1 aromatic carbocycles. The standard InChI is InChI=1S/C14H22Br2N2O/c1-11(13-5-4-12(15)10-14(13)16)17-6-8-19-9-7-18(2)3/h4-5,10-11,17H,6-9H2,1-3H3. The summed E-state index contributed by atoms with van der Waals surface area (Å²) >= 11 is 7.05. The Morgan fingerprint density at radius 1 is 1.26 bits per heavy atom. The summed E-state index contributed by atoms with van der Waals surface area (Å²) in [6.45, 7) is 5.51. The van der Waals surface area contributed by atoms with Crippen LogP contribution in [0, 0.1) is 0 Å². The first-order valence-electron chi connectivity index (χ1n) is 6.41. The highest BCUT2D eigenvalue weighted by Crippen LogP contribution is 2.26. The number of nitrogens with zero attached hydrogens (tertiary/aromatic N) is 1. The molecule has 0 aromatic heterocycles. The number of likely N-dealkylation sites (N-methyl/N-ethyl adjacent to an activating group) is 1. The molecule has 0 saturated heterocycles. The van der Waals surface area contributed by atoms with E-state index in [1.807, 2.05) is 0 Å². The van der Waals surface area contributed by atoms with Gasteiger partial charge in [0, 0.05) is 28.1 Å². The Kier molecular flexibility index (Phi) is 8.18. The molecule has 1 rings (SSSR count). The maximum atomic E-state index is 5.56. The average Bonchev–Trinajstić information content (AvgIpc) is 2.32. The second-order valence-corrected chi connectivity index (χ2v) is 6.53. The van der Waals surface area contributed by atoms with Crippen molar-refractivity contribution in [1.82, 2.24) is 10.2 Å². The van der Waals surface area contributed by atoms with Crippen LogP contribution in [-0.4, -0.2) is 45.3 Å². The van der Waals surface area contributed by atoms with Crippen LogP contribution in [0.25, 0.3) is 0 Å². The summed E-state index contributed by atoms with van der Waals surface area (Å²) in [7, 11) is 4.10. The van der Waals surface area contributed by atoms with Gasteiger partial charge in [0.2, 0.25) is 0 Å². The molecule has 1 N–H and O–H groups in total. The van der Waals surface area contributed by atoms with E-state index < -0.39 is 0 Å². The monoisotopic (exact) mass is 392 g/mol. The third-order valence-corrected chi connectivity index (χ3v) is 3.99. The summed E-state index contributed by atoms with van der Waals surface area (Å²) in [6.07, 6.45) is 0. The van der Waals surface area contributed by atoms with Crippen LogP contribution >= 0.6 is 31.9 Å². The van der Waals surface area contributed by atoms with Gasteiger partial charge in [-0.1, -0.05) is 37.9 Å². The lowest BCUT2D eigenvalue weighted by Gasteiger charge is -2.16. The molecule has 0 bridgehead atoms. The summed E-state index contributed by atoms with van der Waals surface area (Å²) in [5.74, 6) is 0. The van der Waals surface area contributed by atoms with E-state index in [0.29, 0.717) is 6.04 Å². The van der Waals surface area contributed by atoms with Crippen LogP contribution in [0.3, 0.4) is 0 Å². The fraction of sp³-hybridized carbons (Fsp3) is 0.571. The first kappa shape index (κ1) is 17.1. The van der Waals surface area contributed by atoms with E-state index in [9.17, 15) is 0 Å². The van der Waals surface area contributed by atoms with Crippen molar-refractivity contribution in [3.63, 3.8) is 0 Å². The molecule has 0 aliphatic carbocycles. The smallest absolute Gasteiger partial charge is 0.0593 e. The third-order valence-electron chi connectivity index (χ3n) is 2.81. The Labute approximate surface area is 133 Å². The van der Waals surface area contributed by atoms with Crippen molar-refractivity contribution in [3.05, 3.63) is 32.7 Å². The van der Waals surface area contributed by atoms with Crippen LogP contribution in [0.2, 0.25) is 0 Å². The van der Waals surface area contributed by atoms with Gasteiger partial charge in [0.15, 0.2) is 0 Å². The number of nitrogens with one attached hydrogen (secondary N) is 1. The van der Waals surface area contributed by atoms with Gasteiger partial charge >= 0.3 is 0 Å². The SMILES string of the molecule is CC(NCCOCCN(C)C)c1ccc(Br)cc1Br. The maximum absolute atomic E-state index is 5.56. The summed E-state index contributed by atoms with van der Waals surface area (Å²) in [4.78, 5) is 2.12. The highest BCUT2D eigenvalue weighted by molar-refractivity contribution is 9.11. The number of hydrogen-bond acceptors (Lipinski definition) is 3. The molecule has 0 spiro atoms. The van der Waals surface area contributed by atoms with Crippen molar-refractivity contribution in [2.45, 2.75) is 13.0 Å². The molecule has 5 heteroatoms. The minimum Gasteiger partial charge on any atom is -0.379 e. The van der Waals surface area contributed by atoms with Gasteiger partial charge in [0.25, 0.3) is 0 Å². The Hall–Kier alpha value is 0.0600. The predicted octanol–water partition coefficient (Wildman–Crippen LogP) is 3.44. The molecule has 0 fully saturated rings. The zero-order chi connectivity index (χ0) is 14.3. The van der Waals surface area contributed by atoms with E-state index in [1.165, 1.54) is 5.56 Å². The van der Waals surface area contributed by atoms with Gasteiger partial charge in [-0.05, 0) is 38.7 Å². The minimum atomic E-state index is 0.305. The second-order valence-electron chi connectivity index (χ2n) is 4.76. The topological polar surface area (TPSA) is 24.5 Å². The third kappa shape index (κ3) is 6.86. The van der Waals surface area contributed by atoms with Gasteiger partial charge in [-0.15, -0.1) is 0 Å². The normalized spacial score (nSPS) is 12.9. The van der Waals surface area contributed by atoms with Crippen LogP contribution in [0.15, 0.2) is 27.1 Å². The molecule has 19 heavy (non-hydrogen) atoms. The predicted molar refractivity (Wildman–Crippen MR) is 87.6 cm³/mol. The fourth-order valence-electron chi connectivity index (χ4n) is 1.66. The molecular formula is C14H22Br2N2O. The summed E-state index contributed by atoms with van der Waals surface area (Å²) < 4.78 is 7.76. The lowest BCUT2D eigenvalue weighted by Crippen LogP contribution is -2.25. The van der Waals surface area contributed by atoms with Crippen LogP contribution in [-0.2, 0) is 4.74 Å². The molecule has 0 radical (unpaired) electrons. The fourth-order valence-corrected chi connectivity index (χ4v) is 3.05. The van der Waals surface area contributed by atoms with E-state index in [1.54, 1.807) is 0 Å². The maximum Gasteiger partial charge on any atom is 0.0593 e. The molecule has 0 aliphatic rings. The quantitative estimate of drug-likeness (QED) is 0.684. The zero-order valence-electron chi connectivity index (χ0n) is 11.7. The Balaban J connectivity index is 2.25. The van der Waals surface area contributed by atoms with Crippen molar-refractivity contribution in [2.24, 2.45) is 0 Å². The molecule has 1 atom stereocenters. The Morgan fingerprint density at radius 3 is 2.63 bits per heavy atom. The van der Waals surface area contributed by atoms with E-state index in [0.717, 1.165) is 35.2 Å². The lowest BCUT2D eigenvalue weighted by atomic mass is 10.1. The summed E-state index contributed by atoms with van der Waals surface area (Å²) in [5, 5.41) is 3.46. The summed E-state index contributed by atoms with van der Waals surface area (Å²) in [5.41, 5.74) is 1.26. The van der Waals surface area contributed by atoms with E-state index >= 15 is 0 Å². The molecule has 0 amide bonds. The van der Waals surface area contributed by atoms with Gasteiger partial charge in [0.05, 0.1) is 13.2 Å². The first-order valence-corrected chi connectivity index (χ1v) is 8.00. The number of ether oxygens (including phenoxy) is 1. The van der Waals surface area contributed by atoms with Crippen LogP contribution in [0.5, 0.6) is 0 Å². The van der Waals surface area contributed by atoms with Crippen molar-refractivity contribution < 1.29 is 4.74 Å². The van der Waals surface area contributed by atoms with Crippen LogP contribution < -0.4 is 5.32 Å². The molecule has 108 valence electrons. The number of benzene rings is 1. The Morgan fingerprint density at radius 2 is 2.00 bits per heavy atom. The van der Waals surface area contributed by atoms with Crippen molar-refractivity contribution in [1.29, 1.82) is 0 Å². The number of halogens is 2. The number of hydrogen-bond donors (Lipinski definition) is 1. The highest BCUT2D eigenvalue weighted by Gasteiger charge is 2.08. The largest absolute Gasteiger partial charge is 0.379 e. The van der Waals surface area contributed by atoms with Crippen molar-refractivity contribution >= 4 is 31.9 Å². The molecule has 0 heterocycles. The first-order chi connectivity index (χ1) is 9.00.